The number of carbonyl (C=O) groups excluding carboxylic acids is 1. The van der Waals surface area contributed by atoms with Crippen LogP contribution in [-0.2, 0) is 4.79 Å². The van der Waals surface area contributed by atoms with Crippen LogP contribution in [-0.4, -0.2) is 30.0 Å². The molecule has 1 aromatic heterocycles. The fourth-order valence-corrected chi connectivity index (χ4v) is 3.69. The first kappa shape index (κ1) is 16.2. The first-order valence-corrected chi connectivity index (χ1v) is 9.18. The number of ether oxygens (including phenoxy) is 1. The number of amides is 1. The Labute approximate surface area is 148 Å². The van der Waals surface area contributed by atoms with Gasteiger partial charge in [0.2, 0.25) is 5.91 Å². The molecule has 4 heteroatoms. The zero-order valence-electron chi connectivity index (χ0n) is 14.9. The standard InChI is InChI=1S/C21H25NO3/c1-14-5-6-17(12-15(14)2)25-16-7-9-22(10-8-16)21(23)19-13-18(19)20-4-3-11-24-20/h3-6,11-12,16,18-19H,7-10,13H2,1-2H3/t18-,19-/m0/s1. The number of aryl methyl sites for hydroxylation is 2. The zero-order valence-corrected chi connectivity index (χ0v) is 14.9. The van der Waals surface area contributed by atoms with Crippen molar-refractivity contribution in [2.24, 2.45) is 5.92 Å². The normalized spacial score (nSPS) is 23.5. The Hall–Kier alpha value is -2.23. The van der Waals surface area contributed by atoms with Gasteiger partial charge in [0, 0.05) is 37.8 Å². The number of nitrogens with zero attached hydrogens (tertiary/aromatic N) is 1. The molecule has 1 aliphatic heterocycles. The highest BCUT2D eigenvalue weighted by molar-refractivity contribution is 5.83. The SMILES string of the molecule is Cc1ccc(OC2CCN(C(=O)[C@H]3C[C@@H]3c3ccco3)CC2)cc1C. The number of rotatable bonds is 4. The van der Waals surface area contributed by atoms with E-state index in [4.69, 9.17) is 9.15 Å². The molecule has 4 rings (SSSR count). The summed E-state index contributed by atoms with van der Waals surface area (Å²) in [6.45, 7) is 5.79. The van der Waals surface area contributed by atoms with Crippen LogP contribution in [0.5, 0.6) is 5.75 Å². The Morgan fingerprint density at radius 1 is 1.16 bits per heavy atom. The molecule has 2 fully saturated rings. The van der Waals surface area contributed by atoms with E-state index in [9.17, 15) is 4.79 Å². The molecule has 1 amide bonds. The third-order valence-electron chi connectivity index (χ3n) is 5.55. The monoisotopic (exact) mass is 339 g/mol. The molecule has 2 atom stereocenters. The topological polar surface area (TPSA) is 42.7 Å². The number of hydrogen-bond donors (Lipinski definition) is 0. The molecule has 0 unspecified atom stereocenters. The molecule has 1 saturated heterocycles. The maximum atomic E-state index is 12.7. The molecule has 2 heterocycles. The van der Waals surface area contributed by atoms with Crippen LogP contribution in [0.1, 0.15) is 42.1 Å². The van der Waals surface area contributed by atoms with Crippen LogP contribution >= 0.6 is 0 Å². The molecular weight excluding hydrogens is 314 g/mol. The summed E-state index contributed by atoms with van der Waals surface area (Å²) in [5.41, 5.74) is 2.53. The predicted molar refractivity (Wildman–Crippen MR) is 95.7 cm³/mol. The molecule has 1 saturated carbocycles. The van der Waals surface area contributed by atoms with E-state index in [-0.39, 0.29) is 23.8 Å². The van der Waals surface area contributed by atoms with E-state index in [2.05, 4.69) is 26.0 Å². The molecule has 25 heavy (non-hydrogen) atoms. The second-order valence-corrected chi connectivity index (χ2v) is 7.35. The predicted octanol–water partition coefficient (Wildman–Crippen LogP) is 4.07. The van der Waals surface area contributed by atoms with Crippen molar-refractivity contribution in [2.75, 3.05) is 13.1 Å². The van der Waals surface area contributed by atoms with Gasteiger partial charge >= 0.3 is 0 Å². The van der Waals surface area contributed by atoms with Crippen LogP contribution in [0.4, 0.5) is 0 Å². The van der Waals surface area contributed by atoms with Crippen molar-refractivity contribution in [3.05, 3.63) is 53.5 Å². The molecular formula is C21H25NO3. The Balaban J connectivity index is 1.28. The Bertz CT molecular complexity index is 745. The molecule has 1 aromatic carbocycles. The van der Waals surface area contributed by atoms with E-state index in [1.54, 1.807) is 6.26 Å². The summed E-state index contributed by atoms with van der Waals surface area (Å²) < 4.78 is 11.6. The lowest BCUT2D eigenvalue weighted by atomic mass is 10.1. The lowest BCUT2D eigenvalue weighted by Gasteiger charge is -2.32. The first-order chi connectivity index (χ1) is 12.1. The van der Waals surface area contributed by atoms with E-state index in [0.717, 1.165) is 43.9 Å². The van der Waals surface area contributed by atoms with Crippen LogP contribution < -0.4 is 4.74 Å². The molecule has 0 bridgehead atoms. The van der Waals surface area contributed by atoms with Crippen molar-refractivity contribution in [1.29, 1.82) is 0 Å². The van der Waals surface area contributed by atoms with Crippen molar-refractivity contribution in [2.45, 2.75) is 45.1 Å². The summed E-state index contributed by atoms with van der Waals surface area (Å²) in [6.07, 6.45) is 4.61. The summed E-state index contributed by atoms with van der Waals surface area (Å²) in [6, 6.07) is 10.1. The van der Waals surface area contributed by atoms with Gasteiger partial charge in [0.05, 0.1) is 6.26 Å². The number of carbonyl (C=O) groups is 1. The minimum atomic E-state index is 0.114. The second-order valence-electron chi connectivity index (χ2n) is 7.35. The summed E-state index contributed by atoms with van der Waals surface area (Å²) in [5.74, 6) is 2.57. The highest BCUT2D eigenvalue weighted by Gasteiger charge is 2.47. The third-order valence-corrected chi connectivity index (χ3v) is 5.55. The van der Waals surface area contributed by atoms with Crippen LogP contribution in [0, 0.1) is 19.8 Å². The van der Waals surface area contributed by atoms with Crippen molar-refractivity contribution < 1.29 is 13.9 Å². The molecule has 4 nitrogen and oxygen atoms in total. The molecule has 0 spiro atoms. The molecule has 132 valence electrons. The first-order valence-electron chi connectivity index (χ1n) is 9.18. The van der Waals surface area contributed by atoms with Gasteiger partial charge in [-0.1, -0.05) is 6.07 Å². The molecule has 2 aromatic rings. The number of benzene rings is 1. The fraction of sp³-hybridized carbons (Fsp3) is 0.476. The van der Waals surface area contributed by atoms with Gasteiger partial charge < -0.3 is 14.1 Å². The van der Waals surface area contributed by atoms with E-state index in [0.29, 0.717) is 0 Å². The van der Waals surface area contributed by atoms with Gasteiger partial charge in [-0.2, -0.15) is 0 Å². The Kier molecular flexibility index (Phi) is 4.28. The summed E-state index contributed by atoms with van der Waals surface area (Å²) in [5, 5.41) is 0. The van der Waals surface area contributed by atoms with Gasteiger partial charge in [-0.05, 0) is 55.7 Å². The lowest BCUT2D eigenvalue weighted by Crippen LogP contribution is -2.42. The minimum absolute atomic E-state index is 0.114. The van der Waals surface area contributed by atoms with Gasteiger partial charge in [0.15, 0.2) is 0 Å². The van der Waals surface area contributed by atoms with E-state index >= 15 is 0 Å². The fourth-order valence-electron chi connectivity index (χ4n) is 3.69. The van der Waals surface area contributed by atoms with Gasteiger partial charge in [0.25, 0.3) is 0 Å². The molecule has 0 N–H and O–H groups in total. The maximum Gasteiger partial charge on any atom is 0.226 e. The van der Waals surface area contributed by atoms with E-state index in [1.807, 2.05) is 23.1 Å². The molecule has 1 aliphatic carbocycles. The summed E-state index contributed by atoms with van der Waals surface area (Å²) in [7, 11) is 0. The average Bonchev–Trinajstić information content (AvgIpc) is 3.23. The van der Waals surface area contributed by atoms with Gasteiger partial charge in [-0.15, -0.1) is 0 Å². The molecule has 2 aliphatic rings. The van der Waals surface area contributed by atoms with Gasteiger partial charge in [-0.3, -0.25) is 4.79 Å². The van der Waals surface area contributed by atoms with Crippen LogP contribution in [0.25, 0.3) is 0 Å². The highest BCUT2D eigenvalue weighted by Crippen LogP contribution is 2.48. The Morgan fingerprint density at radius 3 is 2.64 bits per heavy atom. The van der Waals surface area contributed by atoms with Crippen molar-refractivity contribution in [3.8, 4) is 5.75 Å². The van der Waals surface area contributed by atoms with Crippen molar-refractivity contribution >= 4 is 5.91 Å². The number of hydrogen-bond acceptors (Lipinski definition) is 3. The van der Waals surface area contributed by atoms with Gasteiger partial charge in [-0.25, -0.2) is 0 Å². The summed E-state index contributed by atoms with van der Waals surface area (Å²) >= 11 is 0. The van der Waals surface area contributed by atoms with Crippen LogP contribution in [0.15, 0.2) is 41.0 Å². The minimum Gasteiger partial charge on any atom is -0.490 e. The second kappa shape index (κ2) is 6.58. The van der Waals surface area contributed by atoms with E-state index < -0.39 is 0 Å². The molecule has 0 radical (unpaired) electrons. The average molecular weight is 339 g/mol. The van der Waals surface area contributed by atoms with Crippen molar-refractivity contribution in [1.82, 2.24) is 4.90 Å². The third kappa shape index (κ3) is 3.44. The van der Waals surface area contributed by atoms with Crippen LogP contribution in [0.3, 0.4) is 0 Å². The lowest BCUT2D eigenvalue weighted by molar-refractivity contribution is -0.134. The smallest absolute Gasteiger partial charge is 0.226 e. The number of furan rings is 1. The Morgan fingerprint density at radius 2 is 1.96 bits per heavy atom. The van der Waals surface area contributed by atoms with Crippen molar-refractivity contribution in [3.63, 3.8) is 0 Å². The number of likely N-dealkylation sites (tertiary alicyclic amines) is 1. The summed E-state index contributed by atoms with van der Waals surface area (Å²) in [4.78, 5) is 14.7. The number of piperidine rings is 1. The van der Waals surface area contributed by atoms with Gasteiger partial charge in [0.1, 0.15) is 17.6 Å². The largest absolute Gasteiger partial charge is 0.490 e. The zero-order chi connectivity index (χ0) is 17.4. The highest BCUT2D eigenvalue weighted by atomic mass is 16.5. The maximum absolute atomic E-state index is 12.7. The van der Waals surface area contributed by atoms with Crippen LogP contribution in [0.2, 0.25) is 0 Å². The quantitative estimate of drug-likeness (QED) is 0.843. The van der Waals surface area contributed by atoms with E-state index in [1.165, 1.54) is 11.1 Å².